The molecule has 1 aromatic carbocycles. The van der Waals surface area contributed by atoms with Crippen LogP contribution in [-0.2, 0) is 10.8 Å². The number of benzene rings is 1. The summed E-state index contributed by atoms with van der Waals surface area (Å²) in [6.07, 6.45) is 20.1. The van der Waals surface area contributed by atoms with Crippen LogP contribution in [0.2, 0.25) is 0 Å². The van der Waals surface area contributed by atoms with Crippen LogP contribution in [0.15, 0.2) is 18.2 Å². The number of hydrogen-bond acceptors (Lipinski definition) is 2. The van der Waals surface area contributed by atoms with E-state index < -0.39 is 17.5 Å². The predicted octanol–water partition coefficient (Wildman–Crippen LogP) is 9.94. The maximum absolute atomic E-state index is 13.9. The Morgan fingerprint density at radius 3 is 1.48 bits per heavy atom. The van der Waals surface area contributed by atoms with Crippen molar-refractivity contribution >= 4 is 0 Å². The molecule has 0 amide bonds. The van der Waals surface area contributed by atoms with Gasteiger partial charge in [-0.15, -0.1) is 0 Å². The van der Waals surface area contributed by atoms with E-state index in [4.69, 9.17) is 4.74 Å². The molecule has 0 aliphatic carbocycles. The van der Waals surface area contributed by atoms with Crippen molar-refractivity contribution in [1.82, 2.24) is 0 Å². The largest absolute Gasteiger partial charge is 0.491 e. The van der Waals surface area contributed by atoms with E-state index in [1.807, 2.05) is 0 Å². The summed E-state index contributed by atoms with van der Waals surface area (Å²) in [7, 11) is 0.890. The highest BCUT2D eigenvalue weighted by Crippen LogP contribution is 2.31. The van der Waals surface area contributed by atoms with E-state index in [-0.39, 0.29) is 5.75 Å². The summed E-state index contributed by atoms with van der Waals surface area (Å²) in [5.41, 5.74) is -0.511. The Morgan fingerprint density at radius 1 is 0.667 bits per heavy atom. The minimum absolute atomic E-state index is 0.0117. The van der Waals surface area contributed by atoms with Crippen LogP contribution < -0.4 is 4.74 Å². The third-order valence-corrected chi connectivity index (χ3v) is 6.28. The van der Waals surface area contributed by atoms with Crippen LogP contribution in [0.5, 0.6) is 5.75 Å². The molecule has 2 nitrogen and oxygen atoms in total. The van der Waals surface area contributed by atoms with Crippen molar-refractivity contribution in [2.24, 2.45) is 0 Å². The minimum atomic E-state index is -3.49. The van der Waals surface area contributed by atoms with E-state index in [9.17, 15) is 13.2 Å². The van der Waals surface area contributed by atoms with Crippen LogP contribution in [-0.4, -0.2) is 13.7 Å². The Kier molecular flexibility index (Phi) is 17.3. The first-order valence-corrected chi connectivity index (χ1v) is 13.4. The fourth-order valence-electron chi connectivity index (χ4n) is 4.10. The Labute approximate surface area is 200 Å². The molecule has 0 N–H and O–H groups in total. The lowest BCUT2D eigenvalue weighted by Crippen LogP contribution is -2.16. The molecular weight excluding hydrogens is 425 g/mol. The van der Waals surface area contributed by atoms with Crippen molar-refractivity contribution in [2.45, 2.75) is 129 Å². The fraction of sp³-hybridized carbons (Fsp3) is 0.786. The SMILES string of the molecule is CCCCCCCCCCCCCCCCCCCCOc1ccc(C(F)(F)OC)cc1F. The van der Waals surface area contributed by atoms with Crippen LogP contribution >= 0.6 is 0 Å². The Morgan fingerprint density at radius 2 is 1.09 bits per heavy atom. The average molecular weight is 473 g/mol. The van der Waals surface area contributed by atoms with Gasteiger partial charge in [0.05, 0.1) is 12.2 Å². The van der Waals surface area contributed by atoms with Crippen LogP contribution in [0.1, 0.15) is 128 Å². The van der Waals surface area contributed by atoms with Gasteiger partial charge < -0.3 is 9.47 Å². The highest BCUT2D eigenvalue weighted by atomic mass is 19.3. The summed E-state index contributed by atoms with van der Waals surface area (Å²) in [6.45, 7) is 2.67. The van der Waals surface area contributed by atoms with Gasteiger partial charge in [0.2, 0.25) is 0 Å². The van der Waals surface area contributed by atoms with Gasteiger partial charge in [0, 0.05) is 7.11 Å². The van der Waals surface area contributed by atoms with Gasteiger partial charge >= 0.3 is 6.11 Å². The van der Waals surface area contributed by atoms with E-state index in [0.717, 1.165) is 38.5 Å². The van der Waals surface area contributed by atoms with Crippen molar-refractivity contribution in [3.63, 3.8) is 0 Å². The third kappa shape index (κ3) is 14.6. The lowest BCUT2D eigenvalue weighted by atomic mass is 10.0. The maximum Gasteiger partial charge on any atom is 0.383 e. The second kappa shape index (κ2) is 19.1. The number of rotatable bonds is 22. The summed E-state index contributed by atoms with van der Waals surface area (Å²) >= 11 is 0. The topological polar surface area (TPSA) is 18.5 Å². The summed E-state index contributed by atoms with van der Waals surface area (Å²) in [4.78, 5) is 0. The molecule has 1 aromatic rings. The first-order chi connectivity index (χ1) is 16.0. The van der Waals surface area contributed by atoms with Crippen molar-refractivity contribution < 1.29 is 22.6 Å². The van der Waals surface area contributed by atoms with Crippen LogP contribution in [0.25, 0.3) is 0 Å². The molecule has 0 saturated carbocycles. The van der Waals surface area contributed by atoms with Crippen LogP contribution in [0.3, 0.4) is 0 Å². The highest BCUT2D eigenvalue weighted by molar-refractivity contribution is 5.30. The standard InChI is InChI=1S/C28H47F3O2/c1-3-4-5-6-7-8-9-10-11-12-13-14-15-16-17-18-19-20-23-33-27-22-21-25(24-26(27)29)28(30,31)32-2/h21-22,24H,3-20,23H2,1-2H3. The van der Waals surface area contributed by atoms with E-state index in [0.29, 0.717) is 6.61 Å². The Balaban J connectivity index is 1.88. The van der Waals surface area contributed by atoms with Crippen molar-refractivity contribution in [1.29, 1.82) is 0 Å². The Hall–Kier alpha value is -1.23. The molecule has 5 heteroatoms. The molecule has 0 aliphatic heterocycles. The second-order valence-electron chi connectivity index (χ2n) is 9.22. The molecule has 0 aliphatic rings. The van der Waals surface area contributed by atoms with Crippen LogP contribution in [0, 0.1) is 5.82 Å². The number of alkyl halides is 2. The fourth-order valence-corrected chi connectivity index (χ4v) is 4.10. The van der Waals surface area contributed by atoms with Gasteiger partial charge in [-0.2, -0.15) is 8.78 Å². The smallest absolute Gasteiger partial charge is 0.383 e. The van der Waals surface area contributed by atoms with Gasteiger partial charge in [-0.3, -0.25) is 0 Å². The number of unbranched alkanes of at least 4 members (excludes halogenated alkanes) is 17. The molecule has 0 heterocycles. The molecule has 0 bridgehead atoms. The minimum Gasteiger partial charge on any atom is -0.491 e. The molecule has 0 saturated heterocycles. The molecule has 33 heavy (non-hydrogen) atoms. The van der Waals surface area contributed by atoms with E-state index in [1.165, 1.54) is 102 Å². The normalized spacial score (nSPS) is 11.8. The predicted molar refractivity (Wildman–Crippen MR) is 132 cm³/mol. The van der Waals surface area contributed by atoms with Gasteiger partial charge in [0.1, 0.15) is 0 Å². The van der Waals surface area contributed by atoms with Gasteiger partial charge in [0.25, 0.3) is 0 Å². The zero-order valence-corrected chi connectivity index (χ0v) is 21.1. The summed E-state index contributed by atoms with van der Waals surface area (Å²) in [6, 6.07) is 3.15. The van der Waals surface area contributed by atoms with Crippen LogP contribution in [0.4, 0.5) is 13.2 Å². The molecule has 192 valence electrons. The highest BCUT2D eigenvalue weighted by Gasteiger charge is 2.32. The van der Waals surface area contributed by atoms with Gasteiger partial charge in [0.15, 0.2) is 11.6 Å². The first kappa shape index (κ1) is 29.8. The number of hydrogen-bond donors (Lipinski definition) is 0. The second-order valence-corrected chi connectivity index (χ2v) is 9.22. The van der Waals surface area contributed by atoms with Gasteiger partial charge in [-0.1, -0.05) is 116 Å². The number of methoxy groups -OCH3 is 1. The Bertz CT molecular complexity index is 593. The number of ether oxygens (including phenoxy) is 2. The van der Waals surface area contributed by atoms with E-state index in [1.54, 1.807) is 0 Å². The molecule has 1 rings (SSSR count). The maximum atomic E-state index is 13.9. The summed E-state index contributed by atoms with van der Waals surface area (Å²) < 4.78 is 50.2. The zero-order chi connectivity index (χ0) is 24.2. The quantitative estimate of drug-likeness (QED) is 0.156. The van der Waals surface area contributed by atoms with Gasteiger partial charge in [-0.25, -0.2) is 4.39 Å². The molecular formula is C28H47F3O2. The van der Waals surface area contributed by atoms with Gasteiger partial charge in [-0.05, 0) is 24.6 Å². The molecule has 0 atom stereocenters. The number of halogens is 3. The average Bonchev–Trinajstić information content (AvgIpc) is 2.81. The van der Waals surface area contributed by atoms with Crippen molar-refractivity contribution in [2.75, 3.05) is 13.7 Å². The van der Waals surface area contributed by atoms with Crippen molar-refractivity contribution in [3.05, 3.63) is 29.6 Å². The molecule has 0 spiro atoms. The van der Waals surface area contributed by atoms with E-state index in [2.05, 4.69) is 11.7 Å². The first-order valence-electron chi connectivity index (χ1n) is 13.4. The summed E-state index contributed by atoms with van der Waals surface area (Å²) in [5.74, 6) is -0.774. The third-order valence-electron chi connectivity index (χ3n) is 6.28. The zero-order valence-electron chi connectivity index (χ0n) is 21.1. The lowest BCUT2D eigenvalue weighted by Gasteiger charge is -2.15. The molecule has 0 aromatic heterocycles. The van der Waals surface area contributed by atoms with E-state index >= 15 is 0 Å². The van der Waals surface area contributed by atoms with Crippen molar-refractivity contribution in [3.8, 4) is 5.75 Å². The lowest BCUT2D eigenvalue weighted by molar-refractivity contribution is -0.231. The molecule has 0 unspecified atom stereocenters. The summed E-state index contributed by atoms with van der Waals surface area (Å²) in [5, 5.41) is 0. The molecule has 0 radical (unpaired) electrons. The molecule has 0 fully saturated rings. The monoisotopic (exact) mass is 472 g/mol.